The van der Waals surface area contributed by atoms with E-state index < -0.39 is 0 Å². The zero-order valence-electron chi connectivity index (χ0n) is 78.5. The van der Waals surface area contributed by atoms with Gasteiger partial charge in [-0.1, -0.05) is 189 Å². The number of fused-ring (bicyclic) bond motifs is 2. The van der Waals surface area contributed by atoms with E-state index in [4.69, 9.17) is 18.9 Å². The van der Waals surface area contributed by atoms with Crippen molar-refractivity contribution in [1.82, 2.24) is 64.7 Å². The Morgan fingerprint density at radius 1 is 0.440 bits per heavy atom. The van der Waals surface area contributed by atoms with Gasteiger partial charge in [0, 0.05) is 91.2 Å². The number of aryl methyl sites for hydroxylation is 1. The molecule has 1 aliphatic rings. The van der Waals surface area contributed by atoms with E-state index in [1.165, 1.54) is 22.5 Å². The van der Waals surface area contributed by atoms with E-state index >= 15 is 0 Å². The number of anilines is 3. The molecule has 0 amide bonds. The van der Waals surface area contributed by atoms with Crippen molar-refractivity contribution in [3.63, 3.8) is 0 Å². The van der Waals surface area contributed by atoms with Crippen LogP contribution in [0, 0.1) is 6.92 Å². The first kappa shape index (κ1) is 104. The third-order valence-corrected chi connectivity index (χ3v) is 19.7. The van der Waals surface area contributed by atoms with Crippen molar-refractivity contribution in [2.75, 3.05) is 43.5 Å². The van der Waals surface area contributed by atoms with Crippen LogP contribution >= 0.6 is 56.7 Å². The molecule has 0 spiro atoms. The van der Waals surface area contributed by atoms with Crippen LogP contribution in [0.5, 0.6) is 23.0 Å². The molecule has 1 aliphatic heterocycles. The molecule has 9 heterocycles. The number of methoxy groups -OCH3 is 2. The zero-order valence-corrected chi connectivity index (χ0v) is 82.6. The molecule has 11 aromatic rings. The second kappa shape index (κ2) is 45.9. The van der Waals surface area contributed by atoms with Crippen LogP contribution < -0.4 is 34.9 Å². The molecule has 116 heavy (non-hydrogen) atoms. The van der Waals surface area contributed by atoms with Crippen molar-refractivity contribution in [2.45, 2.75) is 324 Å². The van der Waals surface area contributed by atoms with Crippen LogP contribution in [0.1, 0.15) is 295 Å². The molecular weight excluding hydrogens is 1540 g/mol. The lowest BCUT2D eigenvalue weighted by molar-refractivity contribution is 0.174. The van der Waals surface area contributed by atoms with Crippen LogP contribution in [0.2, 0.25) is 0 Å². The fourth-order valence-corrected chi connectivity index (χ4v) is 14.0. The first-order valence-electron chi connectivity index (χ1n) is 40.3. The molecule has 0 atom stereocenters. The summed E-state index contributed by atoms with van der Waals surface area (Å²) in [6, 6.07) is 22.7. The van der Waals surface area contributed by atoms with Gasteiger partial charge in [0.15, 0.2) is 38.4 Å². The molecule has 0 fully saturated rings. The van der Waals surface area contributed by atoms with Crippen LogP contribution in [0.4, 0.5) is 15.4 Å². The Balaban J connectivity index is 0.000000443. The molecule has 0 bridgehead atoms. The maximum absolute atomic E-state index is 5.31. The van der Waals surface area contributed by atoms with Gasteiger partial charge in [-0.2, -0.15) is 35.1 Å². The highest BCUT2D eigenvalue weighted by molar-refractivity contribution is 7.15. The van der Waals surface area contributed by atoms with Crippen molar-refractivity contribution >= 4 is 83.1 Å². The van der Waals surface area contributed by atoms with Gasteiger partial charge in [-0.25, -0.2) is 24.9 Å². The smallest absolute Gasteiger partial charge is 0.231 e. The van der Waals surface area contributed by atoms with Gasteiger partial charge in [-0.15, -0.1) is 56.7 Å². The number of nitrogens with zero attached hydrogens (tertiary/aromatic N) is 13. The predicted molar refractivity (Wildman–Crippen MR) is 502 cm³/mol. The summed E-state index contributed by atoms with van der Waals surface area (Å²) in [5.74, 6) is 3.06. The number of ether oxygens (including phenoxy) is 4. The summed E-state index contributed by atoms with van der Waals surface area (Å²) in [5, 5.41) is 46.6. The molecule has 3 aromatic carbocycles. The van der Waals surface area contributed by atoms with Gasteiger partial charge in [0.2, 0.25) is 6.79 Å². The molecule has 646 valence electrons. The molecule has 12 rings (SSSR count). The number of hydrogen-bond acceptors (Lipinski definition) is 22. The Morgan fingerprint density at radius 2 is 0.879 bits per heavy atom. The van der Waals surface area contributed by atoms with E-state index in [0.29, 0.717) is 29.7 Å². The monoisotopic (exact) mass is 1690 g/mol. The molecule has 0 saturated heterocycles. The molecule has 8 aromatic heterocycles. The van der Waals surface area contributed by atoms with E-state index in [1.54, 1.807) is 99.1 Å². The first-order valence-corrected chi connectivity index (χ1v) is 44.7. The van der Waals surface area contributed by atoms with E-state index in [0.717, 1.165) is 71.6 Å². The minimum absolute atomic E-state index is 0.0174. The molecule has 25 heteroatoms. The quantitative estimate of drug-likeness (QED) is 0.129. The maximum Gasteiger partial charge on any atom is 0.231 e. The van der Waals surface area contributed by atoms with Crippen LogP contribution in [0.15, 0.2) is 118 Å². The molecule has 0 unspecified atom stereocenters. The summed E-state index contributed by atoms with van der Waals surface area (Å²) in [6.45, 7) is 82.2. The van der Waals surface area contributed by atoms with Crippen LogP contribution in [-0.2, 0) is 49.1 Å². The average Bonchev–Trinajstić information content (AvgIpc) is 1.51. The largest absolute Gasteiger partial charge is 0.493 e. The van der Waals surface area contributed by atoms with E-state index in [9.17, 15) is 0 Å². The Bertz CT molecular complexity index is 4390. The average molecular weight is 1690 g/mol. The topological polar surface area (TPSA) is 217 Å². The summed E-state index contributed by atoms with van der Waals surface area (Å²) < 4.78 is 23.0. The molecule has 0 radical (unpaired) electrons. The highest BCUT2D eigenvalue weighted by atomic mass is 32.1. The zero-order chi connectivity index (χ0) is 88.8. The van der Waals surface area contributed by atoms with Gasteiger partial charge in [0.25, 0.3) is 0 Å². The number of nitrogens with one attached hydrogen (secondary N) is 3. The summed E-state index contributed by atoms with van der Waals surface area (Å²) in [6.07, 6.45) is 7.14. The first-order chi connectivity index (χ1) is 53.4. The molecule has 3 N–H and O–H groups in total. The second-order valence-electron chi connectivity index (χ2n) is 37.5. The number of hydrogen-bond donors (Lipinski definition) is 3. The standard InChI is InChI=1S/C12H17N3O2.C11H14N2S2.C11H20N2S.C11H14O2.C10H18N2S.C10H14.C9H16N2S.C7H12N2.C6H11N3.2C2H6/c1-12(2,3)15-13-8-6-10(16-4)11(17-5)7-9(8)14-15;1-7-12-8(5-14-7)10-13-9(6-15-10)11(2,3)4;1-10(2,3)8-7-14-9(12-8)13-11(4,5)6;1-11(2,3)8-4-5-9-10(6-8)13-7-12-9;1-7(2)11-9-12-8(6-13-9)10(3,4)5;1-10(2,3)9-7-5-4-6-8-9;1-5-10-8-11-7(6-12-8)9(2,3)4;1-7(2,3)9-6-4-5-8-9;1-6(2,3)9-7-4-5-8-9;2*1-2/h6-7H,1-5H3;5-6H,1-4H3;7H,1-6H3,(H,12,13);4-6H,7H2,1-3H3;6-7H,1-5H3,(H,11,12);4-8H,1-3H3;6H,5H2,1-4H3,(H,10,11);4-6H,1-3H3;4-5H,1-3H3;2*1-2H3. The molecule has 0 saturated carbocycles. The van der Waals surface area contributed by atoms with Gasteiger partial charge in [-0.05, 0) is 151 Å². The van der Waals surface area contributed by atoms with Crippen LogP contribution in [-0.4, -0.2) is 104 Å². The van der Waals surface area contributed by atoms with Crippen LogP contribution in [0.25, 0.3) is 21.7 Å². The molecule has 0 aliphatic carbocycles. The third kappa shape index (κ3) is 37.8. The fourth-order valence-electron chi connectivity index (χ4n) is 9.05. The lowest BCUT2D eigenvalue weighted by Gasteiger charge is -2.20. The van der Waals surface area contributed by atoms with Crippen molar-refractivity contribution < 1.29 is 18.9 Å². The highest BCUT2D eigenvalue weighted by Crippen LogP contribution is 2.38. The van der Waals surface area contributed by atoms with Crippen molar-refractivity contribution in [3.8, 4) is 33.7 Å². The fraction of sp³-hybridized carbons (Fsp3) is 0.582. The normalized spacial score (nSPS) is 12.0. The van der Waals surface area contributed by atoms with Crippen LogP contribution in [0.3, 0.4) is 0 Å². The maximum atomic E-state index is 5.31. The summed E-state index contributed by atoms with van der Waals surface area (Å²) in [4.78, 5) is 26.0. The number of aromatic nitrogens is 13. The van der Waals surface area contributed by atoms with Gasteiger partial charge >= 0.3 is 0 Å². The van der Waals surface area contributed by atoms with Crippen molar-refractivity contribution in [3.05, 3.63) is 157 Å². The number of benzene rings is 3. The third-order valence-electron chi connectivity index (χ3n) is 15.7. The lowest BCUT2D eigenvalue weighted by Crippen LogP contribution is -2.26. The van der Waals surface area contributed by atoms with Gasteiger partial charge in [-0.3, -0.25) is 4.68 Å². The van der Waals surface area contributed by atoms with E-state index in [2.05, 4.69) is 364 Å². The summed E-state index contributed by atoms with van der Waals surface area (Å²) >= 11 is 8.39. The highest BCUT2D eigenvalue weighted by Gasteiger charge is 2.25. The minimum Gasteiger partial charge on any atom is -0.493 e. The summed E-state index contributed by atoms with van der Waals surface area (Å²) in [7, 11) is 3.22. The summed E-state index contributed by atoms with van der Waals surface area (Å²) in [5.41, 5.74) is 11.1. The predicted octanol–water partition coefficient (Wildman–Crippen LogP) is 26.3. The second-order valence-corrected chi connectivity index (χ2v) is 42.0. The molecule has 20 nitrogen and oxygen atoms in total. The molecular formula is C91H148N16O4S5. The van der Waals surface area contributed by atoms with Gasteiger partial charge in [0.1, 0.15) is 21.7 Å². The van der Waals surface area contributed by atoms with Gasteiger partial charge in [0.05, 0.1) is 71.0 Å². The van der Waals surface area contributed by atoms with Crippen molar-refractivity contribution in [1.29, 1.82) is 0 Å². The Kier molecular flexibility index (Phi) is 41.3. The Labute approximate surface area is 720 Å². The van der Waals surface area contributed by atoms with Crippen molar-refractivity contribution in [2.24, 2.45) is 0 Å². The number of thiazole rings is 5. The Hall–Kier alpha value is -7.84. The minimum atomic E-state index is -0.139. The van der Waals surface area contributed by atoms with Gasteiger partial charge < -0.3 is 34.9 Å². The van der Waals surface area contributed by atoms with E-state index in [-0.39, 0.29) is 49.2 Å². The lowest BCUT2D eigenvalue weighted by atomic mass is 9.87. The van der Waals surface area contributed by atoms with E-state index in [1.807, 2.05) is 69.8 Å². The number of rotatable bonds is 8. The SMILES string of the molecule is CC.CC.CC(C)(C)Nc1nc(C(C)(C)C)cs1.CC(C)(C)c1ccc2c(c1)OCO2.CC(C)(C)c1ccccc1.CC(C)(C)n1cccn1.CC(C)(C)n1nccn1.CC(C)Nc1nc(C(C)(C)C)cs1.CCNc1nc(C(C)(C)C)cs1.COc1cc2nn(C(C)(C)C)nc2cc1OC.Cc1nc(-c2nc(C(C)(C)C)cs2)cs1. The Morgan fingerprint density at radius 3 is 1.23 bits per heavy atom.